The van der Waals surface area contributed by atoms with Crippen LogP contribution in [0.15, 0.2) is 48.5 Å². The molecule has 2 N–H and O–H groups in total. The molecule has 0 aliphatic heterocycles. The molecule has 3 rings (SSSR count). The molecule has 1 aliphatic rings. The van der Waals surface area contributed by atoms with Crippen molar-refractivity contribution < 1.29 is 19.1 Å². The highest BCUT2D eigenvalue weighted by Gasteiger charge is 2.47. The maximum absolute atomic E-state index is 14.0. The van der Waals surface area contributed by atoms with Crippen molar-refractivity contribution in [3.8, 4) is 5.75 Å². The Morgan fingerprint density at radius 3 is 2.76 bits per heavy atom. The minimum absolute atomic E-state index is 0.153. The Bertz CT molecular complexity index is 750. The topological polar surface area (TPSA) is 58.6 Å². The molecule has 2 aromatic carbocycles. The van der Waals surface area contributed by atoms with E-state index in [2.05, 4.69) is 0 Å². The molecule has 0 bridgehead atoms. The van der Waals surface area contributed by atoms with Gasteiger partial charge in [0.25, 0.3) is 5.91 Å². The van der Waals surface area contributed by atoms with Crippen molar-refractivity contribution >= 4 is 5.91 Å². The first kappa shape index (κ1) is 17.4. The van der Waals surface area contributed by atoms with Crippen molar-refractivity contribution in [1.82, 2.24) is 5.48 Å². The van der Waals surface area contributed by atoms with Crippen LogP contribution in [0.25, 0.3) is 0 Å². The van der Waals surface area contributed by atoms with Crippen molar-refractivity contribution in [3.63, 3.8) is 0 Å². The summed E-state index contributed by atoms with van der Waals surface area (Å²) in [6.45, 7) is 2.16. The van der Waals surface area contributed by atoms with Gasteiger partial charge in [-0.3, -0.25) is 10.0 Å². The molecule has 1 saturated carbocycles. The second kappa shape index (κ2) is 7.23. The minimum atomic E-state index is -0.925. The van der Waals surface area contributed by atoms with E-state index in [1.165, 1.54) is 6.07 Å². The molecule has 2 atom stereocenters. The van der Waals surface area contributed by atoms with Crippen LogP contribution in [0.2, 0.25) is 0 Å². The quantitative estimate of drug-likeness (QED) is 0.642. The van der Waals surface area contributed by atoms with E-state index in [1.54, 1.807) is 24.5 Å². The van der Waals surface area contributed by atoms with Crippen molar-refractivity contribution in [2.24, 2.45) is 5.92 Å². The van der Waals surface area contributed by atoms with Crippen LogP contribution in [0.4, 0.5) is 4.39 Å². The fraction of sp³-hybridized carbons (Fsp3) is 0.350. The van der Waals surface area contributed by atoms with Gasteiger partial charge in [-0.2, -0.15) is 0 Å². The van der Waals surface area contributed by atoms with Gasteiger partial charge in [0.2, 0.25) is 0 Å². The fourth-order valence-corrected chi connectivity index (χ4v) is 3.83. The molecule has 1 fully saturated rings. The van der Waals surface area contributed by atoms with E-state index in [-0.39, 0.29) is 11.7 Å². The second-order valence-electron chi connectivity index (χ2n) is 6.67. The Morgan fingerprint density at radius 2 is 2.04 bits per heavy atom. The molecule has 0 radical (unpaired) electrons. The van der Waals surface area contributed by atoms with Gasteiger partial charge in [-0.1, -0.05) is 30.3 Å². The molecule has 2 aromatic rings. The average Bonchev–Trinajstić information content (AvgIpc) is 3.08. The highest BCUT2D eigenvalue weighted by atomic mass is 19.1. The van der Waals surface area contributed by atoms with Crippen molar-refractivity contribution in [2.45, 2.75) is 31.6 Å². The number of hydrogen-bond donors (Lipinski definition) is 2. The normalized spacial score (nSPS) is 22.6. The minimum Gasteiger partial charge on any atom is -0.493 e. The monoisotopic (exact) mass is 343 g/mol. The maximum Gasteiger partial charge on any atom is 0.254 e. The summed E-state index contributed by atoms with van der Waals surface area (Å²) in [6.07, 6.45) is 1.83. The number of benzene rings is 2. The van der Waals surface area contributed by atoms with Crippen LogP contribution in [-0.4, -0.2) is 17.7 Å². The van der Waals surface area contributed by atoms with Crippen molar-refractivity contribution in [1.29, 1.82) is 0 Å². The zero-order valence-corrected chi connectivity index (χ0v) is 14.2. The molecule has 0 heterocycles. The number of para-hydroxylation sites is 1. The van der Waals surface area contributed by atoms with Crippen molar-refractivity contribution in [2.75, 3.05) is 6.61 Å². The first-order valence-corrected chi connectivity index (χ1v) is 8.45. The lowest BCUT2D eigenvalue weighted by atomic mass is 9.75. The summed E-state index contributed by atoms with van der Waals surface area (Å²) < 4.78 is 19.8. The van der Waals surface area contributed by atoms with Crippen LogP contribution in [-0.2, 0) is 10.2 Å². The Balaban J connectivity index is 1.81. The van der Waals surface area contributed by atoms with E-state index in [0.717, 1.165) is 12.2 Å². The molecule has 132 valence electrons. The first-order valence-electron chi connectivity index (χ1n) is 8.45. The van der Waals surface area contributed by atoms with Crippen LogP contribution >= 0.6 is 0 Å². The number of amides is 1. The predicted octanol–water partition coefficient (Wildman–Crippen LogP) is 3.76. The summed E-state index contributed by atoms with van der Waals surface area (Å²) >= 11 is 0. The molecule has 2 unspecified atom stereocenters. The molecular formula is C20H22FNO3. The van der Waals surface area contributed by atoms with Crippen LogP contribution in [0, 0.1) is 18.7 Å². The summed E-state index contributed by atoms with van der Waals surface area (Å²) in [5.74, 6) is 0.115. The molecule has 4 nitrogen and oxygen atoms in total. The van der Waals surface area contributed by atoms with E-state index >= 15 is 0 Å². The lowest BCUT2D eigenvalue weighted by Crippen LogP contribution is -2.42. The number of hydrogen-bond acceptors (Lipinski definition) is 3. The maximum atomic E-state index is 14.0. The number of halogens is 1. The van der Waals surface area contributed by atoms with Gasteiger partial charge in [0.15, 0.2) is 0 Å². The Morgan fingerprint density at radius 1 is 1.28 bits per heavy atom. The van der Waals surface area contributed by atoms with E-state index < -0.39 is 11.3 Å². The largest absolute Gasteiger partial charge is 0.493 e. The first-order chi connectivity index (χ1) is 12.1. The van der Waals surface area contributed by atoms with Gasteiger partial charge in [-0.05, 0) is 61.4 Å². The third-order valence-electron chi connectivity index (χ3n) is 5.16. The predicted molar refractivity (Wildman–Crippen MR) is 92.0 cm³/mol. The Hall–Kier alpha value is -2.40. The Kier molecular flexibility index (Phi) is 5.04. The number of rotatable bonds is 5. The number of carbonyl (C=O) groups excluding carboxylic acids is 1. The molecule has 25 heavy (non-hydrogen) atoms. The third-order valence-corrected chi connectivity index (χ3v) is 5.16. The second-order valence-corrected chi connectivity index (χ2v) is 6.67. The standard InChI is InChI=1S/C20H22FNO3/c1-14-17(8-5-9-18(14)21)20(19(23)22-24)11-10-15(12-20)13-25-16-6-3-2-4-7-16/h2-9,15,24H,10-13H2,1H3,(H,22,23). The summed E-state index contributed by atoms with van der Waals surface area (Å²) in [6, 6.07) is 14.3. The van der Waals surface area contributed by atoms with Gasteiger partial charge in [-0.15, -0.1) is 0 Å². The van der Waals surface area contributed by atoms with Gasteiger partial charge in [0, 0.05) is 0 Å². The zero-order chi connectivity index (χ0) is 17.9. The molecule has 0 spiro atoms. The van der Waals surface area contributed by atoms with Crippen LogP contribution < -0.4 is 10.2 Å². The third kappa shape index (κ3) is 3.37. The fourth-order valence-electron chi connectivity index (χ4n) is 3.83. The lowest BCUT2D eigenvalue weighted by molar-refractivity contribution is -0.135. The SMILES string of the molecule is Cc1c(F)cccc1C1(C(=O)NO)CCC(COc2ccccc2)C1. The molecule has 1 amide bonds. The summed E-state index contributed by atoms with van der Waals surface area (Å²) in [5.41, 5.74) is 1.95. The number of ether oxygens (including phenoxy) is 1. The zero-order valence-electron chi connectivity index (χ0n) is 14.2. The highest BCUT2D eigenvalue weighted by molar-refractivity contribution is 5.88. The average molecular weight is 343 g/mol. The van der Waals surface area contributed by atoms with Crippen molar-refractivity contribution in [3.05, 3.63) is 65.5 Å². The molecule has 0 saturated heterocycles. The Labute approximate surface area is 146 Å². The molecule has 1 aliphatic carbocycles. The lowest BCUT2D eigenvalue weighted by Gasteiger charge is -2.29. The smallest absolute Gasteiger partial charge is 0.254 e. The van der Waals surface area contributed by atoms with E-state index in [4.69, 9.17) is 4.74 Å². The van der Waals surface area contributed by atoms with E-state index in [0.29, 0.717) is 30.6 Å². The molecular weight excluding hydrogens is 321 g/mol. The van der Waals surface area contributed by atoms with E-state index in [9.17, 15) is 14.4 Å². The summed E-state index contributed by atoms with van der Waals surface area (Å²) in [4.78, 5) is 12.5. The number of nitrogens with one attached hydrogen (secondary N) is 1. The van der Waals surface area contributed by atoms with Crippen LogP contribution in [0.1, 0.15) is 30.4 Å². The van der Waals surface area contributed by atoms with E-state index in [1.807, 2.05) is 30.3 Å². The van der Waals surface area contributed by atoms with Crippen LogP contribution in [0.3, 0.4) is 0 Å². The number of hydroxylamine groups is 1. The van der Waals surface area contributed by atoms with Gasteiger partial charge in [0.1, 0.15) is 11.6 Å². The van der Waals surface area contributed by atoms with Gasteiger partial charge < -0.3 is 4.74 Å². The number of carbonyl (C=O) groups is 1. The van der Waals surface area contributed by atoms with Gasteiger partial charge in [0.05, 0.1) is 12.0 Å². The van der Waals surface area contributed by atoms with Crippen LogP contribution in [0.5, 0.6) is 5.75 Å². The van der Waals surface area contributed by atoms with Gasteiger partial charge >= 0.3 is 0 Å². The molecule has 0 aromatic heterocycles. The summed E-state index contributed by atoms with van der Waals surface area (Å²) in [7, 11) is 0. The molecule has 5 heteroatoms. The summed E-state index contributed by atoms with van der Waals surface area (Å²) in [5, 5.41) is 9.25. The van der Waals surface area contributed by atoms with Gasteiger partial charge in [-0.25, -0.2) is 9.87 Å². The highest BCUT2D eigenvalue weighted by Crippen LogP contribution is 2.46.